The molecule has 0 saturated heterocycles. The summed E-state index contributed by atoms with van der Waals surface area (Å²) in [4.78, 5) is 3.31. The van der Waals surface area contributed by atoms with Crippen molar-refractivity contribution in [1.82, 2.24) is 9.71 Å². The Bertz CT molecular complexity index is 468. The molecule has 16 heavy (non-hydrogen) atoms. The van der Waals surface area contributed by atoms with E-state index in [0.29, 0.717) is 0 Å². The molecule has 7 heteroatoms. The van der Waals surface area contributed by atoms with E-state index in [4.69, 9.17) is 0 Å². The molecule has 0 amide bonds. The standard InChI is InChI=1S/C9H10F2N2O2S/c1-2-16(14,15)13-4-3-7-8(10)5-12-6-9(7)11/h2,5-6,13H,1,3-4H2. The number of hydrogen-bond donors (Lipinski definition) is 1. The number of halogens is 2. The third-order valence-electron chi connectivity index (χ3n) is 1.85. The molecule has 0 radical (unpaired) electrons. The first-order valence-electron chi connectivity index (χ1n) is 4.36. The Labute approximate surface area is 92.1 Å². The van der Waals surface area contributed by atoms with Crippen molar-refractivity contribution in [1.29, 1.82) is 0 Å². The molecule has 0 unspecified atom stereocenters. The highest BCUT2D eigenvalue weighted by atomic mass is 32.2. The molecular weight excluding hydrogens is 238 g/mol. The van der Waals surface area contributed by atoms with Gasteiger partial charge in [-0.15, -0.1) is 0 Å². The predicted octanol–water partition coefficient (Wildman–Crippen LogP) is 0.965. The number of nitrogens with zero attached hydrogens (tertiary/aromatic N) is 1. The van der Waals surface area contributed by atoms with Gasteiger partial charge in [0.1, 0.15) is 11.6 Å². The first-order chi connectivity index (χ1) is 7.46. The molecule has 0 aliphatic rings. The summed E-state index contributed by atoms with van der Waals surface area (Å²) in [6.45, 7) is 2.98. The van der Waals surface area contributed by atoms with Gasteiger partial charge in [-0.2, -0.15) is 0 Å². The maximum atomic E-state index is 13.1. The number of sulfonamides is 1. The zero-order chi connectivity index (χ0) is 12.2. The monoisotopic (exact) mass is 248 g/mol. The third kappa shape index (κ3) is 3.35. The molecule has 1 aromatic heterocycles. The van der Waals surface area contributed by atoms with Crippen molar-refractivity contribution >= 4 is 10.0 Å². The van der Waals surface area contributed by atoms with Crippen LogP contribution in [0.2, 0.25) is 0 Å². The van der Waals surface area contributed by atoms with E-state index in [2.05, 4.69) is 16.3 Å². The average molecular weight is 248 g/mol. The Morgan fingerprint density at radius 2 is 1.94 bits per heavy atom. The Kier molecular flexibility index (Phi) is 4.08. The molecule has 0 aliphatic carbocycles. The topological polar surface area (TPSA) is 59.1 Å². The summed E-state index contributed by atoms with van der Waals surface area (Å²) in [5.74, 6) is -1.59. The summed E-state index contributed by atoms with van der Waals surface area (Å²) in [6.07, 6.45) is 1.66. The van der Waals surface area contributed by atoms with Gasteiger partial charge in [0, 0.05) is 17.5 Å². The van der Waals surface area contributed by atoms with Crippen molar-refractivity contribution in [2.45, 2.75) is 6.42 Å². The number of aromatic nitrogens is 1. The Hall–Kier alpha value is -1.34. The van der Waals surface area contributed by atoms with Crippen molar-refractivity contribution in [3.05, 3.63) is 41.6 Å². The highest BCUT2D eigenvalue weighted by molar-refractivity contribution is 7.92. The van der Waals surface area contributed by atoms with E-state index in [9.17, 15) is 17.2 Å². The molecule has 0 bridgehead atoms. The van der Waals surface area contributed by atoms with Gasteiger partial charge in [-0.3, -0.25) is 4.98 Å². The van der Waals surface area contributed by atoms with E-state index in [1.54, 1.807) is 0 Å². The van der Waals surface area contributed by atoms with Crippen LogP contribution in [0.4, 0.5) is 8.78 Å². The van der Waals surface area contributed by atoms with E-state index in [-0.39, 0.29) is 18.5 Å². The molecule has 0 saturated carbocycles. The molecule has 0 aliphatic heterocycles. The molecule has 4 nitrogen and oxygen atoms in total. The zero-order valence-corrected chi connectivity index (χ0v) is 9.10. The van der Waals surface area contributed by atoms with Gasteiger partial charge < -0.3 is 0 Å². The molecule has 1 aromatic rings. The SMILES string of the molecule is C=CS(=O)(=O)NCCc1c(F)cncc1F. The third-order valence-corrected chi connectivity index (χ3v) is 2.90. The Balaban J connectivity index is 2.66. The summed E-state index contributed by atoms with van der Waals surface area (Å²) in [5.41, 5.74) is -0.193. The molecule has 1 heterocycles. The second-order valence-corrected chi connectivity index (χ2v) is 4.65. The summed E-state index contributed by atoms with van der Waals surface area (Å²) in [6, 6.07) is 0. The zero-order valence-electron chi connectivity index (χ0n) is 8.28. The lowest BCUT2D eigenvalue weighted by atomic mass is 10.2. The van der Waals surface area contributed by atoms with Crippen LogP contribution in [0.1, 0.15) is 5.56 Å². The lowest BCUT2D eigenvalue weighted by Gasteiger charge is -2.04. The van der Waals surface area contributed by atoms with Crippen molar-refractivity contribution in [3.63, 3.8) is 0 Å². The van der Waals surface area contributed by atoms with Gasteiger partial charge in [-0.05, 0) is 6.42 Å². The number of rotatable bonds is 5. The largest absolute Gasteiger partial charge is 0.259 e. The fraction of sp³-hybridized carbons (Fsp3) is 0.222. The predicted molar refractivity (Wildman–Crippen MR) is 55.0 cm³/mol. The van der Waals surface area contributed by atoms with Crippen LogP contribution in [-0.2, 0) is 16.4 Å². The second kappa shape index (κ2) is 5.13. The normalized spacial score (nSPS) is 11.4. The van der Waals surface area contributed by atoms with Gasteiger partial charge >= 0.3 is 0 Å². The highest BCUT2D eigenvalue weighted by Crippen LogP contribution is 2.10. The van der Waals surface area contributed by atoms with E-state index in [0.717, 1.165) is 17.8 Å². The molecule has 1 rings (SSSR count). The van der Waals surface area contributed by atoms with E-state index >= 15 is 0 Å². The lowest BCUT2D eigenvalue weighted by molar-refractivity contribution is 0.541. The summed E-state index contributed by atoms with van der Waals surface area (Å²) < 4.78 is 50.1. The fourth-order valence-electron chi connectivity index (χ4n) is 1.05. The minimum atomic E-state index is -3.56. The lowest BCUT2D eigenvalue weighted by Crippen LogP contribution is -2.24. The van der Waals surface area contributed by atoms with Crippen molar-refractivity contribution < 1.29 is 17.2 Å². The van der Waals surface area contributed by atoms with E-state index in [1.165, 1.54) is 0 Å². The summed E-state index contributed by atoms with van der Waals surface area (Å²) in [5, 5.41) is 0.728. The van der Waals surface area contributed by atoms with Crippen LogP contribution in [0.3, 0.4) is 0 Å². The molecule has 0 atom stereocenters. The van der Waals surface area contributed by atoms with Crippen molar-refractivity contribution in [2.75, 3.05) is 6.54 Å². The maximum Gasteiger partial charge on any atom is 0.233 e. The van der Waals surface area contributed by atoms with E-state index in [1.807, 2.05) is 0 Å². The second-order valence-electron chi connectivity index (χ2n) is 2.94. The Morgan fingerprint density at radius 3 is 2.44 bits per heavy atom. The minimum Gasteiger partial charge on any atom is -0.259 e. The molecule has 0 aromatic carbocycles. The van der Waals surface area contributed by atoms with Crippen molar-refractivity contribution in [3.8, 4) is 0 Å². The average Bonchev–Trinajstić information content (AvgIpc) is 2.22. The first kappa shape index (κ1) is 12.7. The van der Waals surface area contributed by atoms with Crippen LogP contribution in [0.15, 0.2) is 24.4 Å². The number of hydrogen-bond acceptors (Lipinski definition) is 3. The van der Waals surface area contributed by atoms with Crippen LogP contribution < -0.4 is 4.72 Å². The Morgan fingerprint density at radius 1 is 1.38 bits per heavy atom. The molecule has 0 spiro atoms. The summed E-state index contributed by atoms with van der Waals surface area (Å²) >= 11 is 0. The maximum absolute atomic E-state index is 13.1. The molecular formula is C9H10F2N2O2S. The molecule has 1 N–H and O–H groups in total. The van der Waals surface area contributed by atoms with Gasteiger partial charge in [0.05, 0.1) is 12.4 Å². The quantitative estimate of drug-likeness (QED) is 0.844. The highest BCUT2D eigenvalue weighted by Gasteiger charge is 2.10. The van der Waals surface area contributed by atoms with Crippen molar-refractivity contribution in [2.24, 2.45) is 0 Å². The number of pyridine rings is 1. The first-order valence-corrected chi connectivity index (χ1v) is 5.91. The molecule has 88 valence electrons. The smallest absolute Gasteiger partial charge is 0.233 e. The minimum absolute atomic E-state index is 0.0900. The van der Waals surface area contributed by atoms with Crippen LogP contribution in [0.5, 0.6) is 0 Å². The van der Waals surface area contributed by atoms with Gasteiger partial charge in [0.25, 0.3) is 0 Å². The molecule has 0 fully saturated rings. The number of nitrogens with one attached hydrogen (secondary N) is 1. The van der Waals surface area contributed by atoms with Gasteiger partial charge in [-0.1, -0.05) is 6.58 Å². The van der Waals surface area contributed by atoms with Crippen LogP contribution in [0.25, 0.3) is 0 Å². The fourth-order valence-corrected chi connectivity index (χ4v) is 1.56. The van der Waals surface area contributed by atoms with Gasteiger partial charge in [0.2, 0.25) is 10.0 Å². The van der Waals surface area contributed by atoms with Crippen LogP contribution >= 0.6 is 0 Å². The van der Waals surface area contributed by atoms with Gasteiger partial charge in [0.15, 0.2) is 0 Å². The van der Waals surface area contributed by atoms with Gasteiger partial charge in [-0.25, -0.2) is 21.9 Å². The van der Waals surface area contributed by atoms with Crippen LogP contribution in [0, 0.1) is 11.6 Å². The summed E-state index contributed by atoms with van der Waals surface area (Å²) in [7, 11) is -3.56. The van der Waals surface area contributed by atoms with E-state index < -0.39 is 21.7 Å². The van der Waals surface area contributed by atoms with Crippen LogP contribution in [-0.4, -0.2) is 19.9 Å².